The minimum atomic E-state index is -3.06. The van der Waals surface area contributed by atoms with Gasteiger partial charge in [-0.05, 0) is 39.0 Å². The van der Waals surface area contributed by atoms with Gasteiger partial charge in [-0.3, -0.25) is 4.99 Å². The van der Waals surface area contributed by atoms with Gasteiger partial charge in [-0.2, -0.15) is 0 Å². The highest BCUT2D eigenvalue weighted by molar-refractivity contribution is 7.92. The predicted molar refractivity (Wildman–Crippen MR) is 80.0 cm³/mol. The molecule has 1 rings (SSSR count). The highest BCUT2D eigenvalue weighted by Gasteiger charge is 2.29. The zero-order valence-corrected chi connectivity index (χ0v) is 13.3. The predicted octanol–water partition coefficient (Wildman–Crippen LogP) is 1.25. The van der Waals surface area contributed by atoms with Gasteiger partial charge in [0, 0.05) is 25.9 Å². The van der Waals surface area contributed by atoms with Gasteiger partial charge in [0.15, 0.2) is 15.8 Å². The quantitative estimate of drug-likeness (QED) is 0.624. The van der Waals surface area contributed by atoms with Crippen molar-refractivity contribution in [3.8, 4) is 0 Å². The normalized spacial score (nSPS) is 22.6. The number of hydrogen-bond acceptors (Lipinski definition) is 3. The van der Waals surface area contributed by atoms with E-state index in [-0.39, 0.29) is 0 Å². The molecule has 2 N–H and O–H groups in total. The Hall–Kier alpha value is -0.780. The van der Waals surface area contributed by atoms with Gasteiger partial charge in [0.25, 0.3) is 0 Å². The molecule has 1 heterocycles. The summed E-state index contributed by atoms with van der Waals surface area (Å²) in [6, 6.07) is 0. The SMILES string of the molecule is CC1CCCN(C(N)=NCCC(C)(C)S(C)(=O)=O)C1. The second kappa shape index (κ2) is 6.11. The third-order valence-corrected chi connectivity index (χ3v) is 6.18. The molecule has 1 unspecified atom stereocenters. The van der Waals surface area contributed by atoms with Crippen LogP contribution < -0.4 is 5.73 Å². The molecule has 0 aromatic carbocycles. The van der Waals surface area contributed by atoms with E-state index in [2.05, 4.69) is 16.8 Å². The molecular weight excluding hydrogens is 262 g/mol. The standard InChI is InChI=1S/C13H27N3O2S/c1-11-6-5-9-16(10-11)12(14)15-8-7-13(2,3)19(4,17)18/h11H,5-10H2,1-4H3,(H2,14,15). The number of nitrogens with two attached hydrogens (primary N) is 1. The molecule has 1 fully saturated rings. The lowest BCUT2D eigenvalue weighted by molar-refractivity contribution is 0.270. The molecule has 0 radical (unpaired) electrons. The van der Waals surface area contributed by atoms with Crippen LogP contribution in [0.1, 0.15) is 40.0 Å². The Morgan fingerprint density at radius 3 is 2.63 bits per heavy atom. The average Bonchev–Trinajstić information content (AvgIpc) is 2.27. The van der Waals surface area contributed by atoms with Gasteiger partial charge in [-0.25, -0.2) is 8.42 Å². The Balaban J connectivity index is 2.53. The zero-order chi connectivity index (χ0) is 14.7. The maximum Gasteiger partial charge on any atom is 0.191 e. The summed E-state index contributed by atoms with van der Waals surface area (Å²) in [4.78, 5) is 6.44. The lowest BCUT2D eigenvalue weighted by Crippen LogP contribution is -2.43. The van der Waals surface area contributed by atoms with E-state index in [1.165, 1.54) is 12.7 Å². The minimum absolute atomic E-state index is 0.455. The first kappa shape index (κ1) is 16.3. The zero-order valence-electron chi connectivity index (χ0n) is 12.5. The fourth-order valence-corrected chi connectivity index (χ4v) is 2.58. The van der Waals surface area contributed by atoms with E-state index in [0.29, 0.717) is 24.8 Å². The molecule has 0 aromatic heterocycles. The number of guanidine groups is 1. The highest BCUT2D eigenvalue weighted by atomic mass is 32.2. The minimum Gasteiger partial charge on any atom is -0.370 e. The van der Waals surface area contributed by atoms with Crippen molar-refractivity contribution in [3.05, 3.63) is 0 Å². The first-order valence-electron chi connectivity index (χ1n) is 6.88. The van der Waals surface area contributed by atoms with Gasteiger partial charge in [0.1, 0.15) is 0 Å². The van der Waals surface area contributed by atoms with E-state index in [9.17, 15) is 8.42 Å². The van der Waals surface area contributed by atoms with Crippen LogP contribution in [0.25, 0.3) is 0 Å². The Morgan fingerprint density at radius 1 is 1.47 bits per heavy atom. The Kier molecular flexibility index (Phi) is 5.24. The number of nitrogens with zero attached hydrogens (tertiary/aromatic N) is 2. The maximum atomic E-state index is 11.6. The second-order valence-corrected chi connectivity index (χ2v) is 8.86. The van der Waals surface area contributed by atoms with Crippen LogP contribution in [0.5, 0.6) is 0 Å². The van der Waals surface area contributed by atoms with Crippen molar-refractivity contribution >= 4 is 15.8 Å². The smallest absolute Gasteiger partial charge is 0.191 e. The molecule has 19 heavy (non-hydrogen) atoms. The van der Waals surface area contributed by atoms with Gasteiger partial charge >= 0.3 is 0 Å². The number of sulfone groups is 1. The summed E-state index contributed by atoms with van der Waals surface area (Å²) in [6.07, 6.45) is 4.15. The summed E-state index contributed by atoms with van der Waals surface area (Å²) in [5.74, 6) is 1.20. The molecule has 0 bridgehead atoms. The van der Waals surface area contributed by atoms with E-state index >= 15 is 0 Å². The van der Waals surface area contributed by atoms with Crippen LogP contribution in [0.4, 0.5) is 0 Å². The Bertz CT molecular complexity index is 429. The summed E-state index contributed by atoms with van der Waals surface area (Å²) in [6.45, 7) is 8.04. The molecular formula is C13H27N3O2S. The van der Waals surface area contributed by atoms with Gasteiger partial charge in [-0.1, -0.05) is 6.92 Å². The largest absolute Gasteiger partial charge is 0.370 e. The third kappa shape index (κ3) is 4.67. The molecule has 1 aliphatic rings. The van der Waals surface area contributed by atoms with Crippen LogP contribution >= 0.6 is 0 Å². The van der Waals surface area contributed by atoms with E-state index < -0.39 is 14.6 Å². The van der Waals surface area contributed by atoms with E-state index in [1.54, 1.807) is 13.8 Å². The first-order chi connectivity index (χ1) is 8.63. The number of rotatable bonds is 4. The first-order valence-corrected chi connectivity index (χ1v) is 8.77. The van der Waals surface area contributed by atoms with Gasteiger partial charge in [0.05, 0.1) is 4.75 Å². The number of hydrogen-bond donors (Lipinski definition) is 1. The maximum absolute atomic E-state index is 11.6. The van der Waals surface area contributed by atoms with E-state index in [4.69, 9.17) is 5.73 Å². The van der Waals surface area contributed by atoms with Crippen molar-refractivity contribution in [1.29, 1.82) is 0 Å². The molecule has 112 valence electrons. The summed E-state index contributed by atoms with van der Waals surface area (Å²) < 4.78 is 22.4. The second-order valence-electron chi connectivity index (χ2n) is 6.22. The van der Waals surface area contributed by atoms with Gasteiger partial charge in [0.2, 0.25) is 0 Å². The topological polar surface area (TPSA) is 75.8 Å². The van der Waals surface area contributed by atoms with Gasteiger partial charge < -0.3 is 10.6 Å². The van der Waals surface area contributed by atoms with Crippen molar-refractivity contribution in [1.82, 2.24) is 4.90 Å². The van der Waals surface area contributed by atoms with Crippen LogP contribution in [0, 0.1) is 5.92 Å². The van der Waals surface area contributed by atoms with Crippen LogP contribution in [0.2, 0.25) is 0 Å². The Labute approximate surface area is 117 Å². The van der Waals surface area contributed by atoms with E-state index in [0.717, 1.165) is 19.5 Å². The fraction of sp³-hybridized carbons (Fsp3) is 0.923. The fourth-order valence-electron chi connectivity index (χ4n) is 2.12. The molecule has 5 nitrogen and oxygen atoms in total. The monoisotopic (exact) mass is 289 g/mol. The van der Waals surface area contributed by atoms with Gasteiger partial charge in [-0.15, -0.1) is 0 Å². The lowest BCUT2D eigenvalue weighted by Gasteiger charge is -2.31. The molecule has 6 heteroatoms. The number of piperidine rings is 1. The van der Waals surface area contributed by atoms with Crippen LogP contribution in [-0.4, -0.2) is 49.9 Å². The van der Waals surface area contributed by atoms with E-state index in [1.807, 2.05) is 0 Å². The Morgan fingerprint density at radius 2 is 2.11 bits per heavy atom. The molecule has 0 aromatic rings. The summed E-state index contributed by atoms with van der Waals surface area (Å²) in [5, 5.41) is 0. The molecule has 1 saturated heterocycles. The van der Waals surface area contributed by atoms with Crippen LogP contribution in [0.3, 0.4) is 0 Å². The third-order valence-electron chi connectivity index (χ3n) is 3.97. The lowest BCUT2D eigenvalue weighted by atomic mass is 10.0. The highest BCUT2D eigenvalue weighted by Crippen LogP contribution is 2.20. The summed E-state index contributed by atoms with van der Waals surface area (Å²) in [7, 11) is -3.06. The number of aliphatic imine (C=N–C) groups is 1. The van der Waals surface area contributed by atoms with Crippen molar-refractivity contribution < 1.29 is 8.42 Å². The average molecular weight is 289 g/mol. The van der Waals surface area contributed by atoms with Crippen molar-refractivity contribution in [2.75, 3.05) is 25.9 Å². The summed E-state index contributed by atoms with van der Waals surface area (Å²) in [5.41, 5.74) is 5.98. The summed E-state index contributed by atoms with van der Waals surface area (Å²) >= 11 is 0. The van der Waals surface area contributed by atoms with Crippen molar-refractivity contribution in [3.63, 3.8) is 0 Å². The molecule has 0 amide bonds. The molecule has 0 spiro atoms. The van der Waals surface area contributed by atoms with Crippen LogP contribution in [0.15, 0.2) is 4.99 Å². The van der Waals surface area contributed by atoms with Crippen molar-refractivity contribution in [2.45, 2.75) is 44.8 Å². The molecule has 1 aliphatic heterocycles. The molecule has 1 atom stereocenters. The number of likely N-dealkylation sites (tertiary alicyclic amines) is 1. The molecule has 0 aliphatic carbocycles. The molecule has 0 saturated carbocycles. The van der Waals surface area contributed by atoms with Crippen LogP contribution in [-0.2, 0) is 9.84 Å². The van der Waals surface area contributed by atoms with Crippen molar-refractivity contribution in [2.24, 2.45) is 16.6 Å².